The molecule has 2 aliphatic heterocycles. The first-order valence-electron chi connectivity index (χ1n) is 41.3. The molecule has 12 heterocycles. The SMILES string of the molecule is CS(=O)(=O)NC(=O)c1c(-c2ccc[nH]c2=O)c2c3c(ccc2n1Cc1cc(F)ccc1F)OC(F)(F)O3.CS(=O)(=O)NC(=O)c1c(-c2ccc[nH]c2=O)c2c3c(ccc2n1Cc1ccccc1F)OC(F)(F)O3.CS(=O)(=O)NC(=O)c1c(-c2ccc[nH]c2=O)c2c3ccoc3ccc2n1Cc1cc(F)ccc1F.CS(=O)(=O)NC(=O)c1c(-c2ccc[nH]c2=O)c2c3sccc3ccc2n1Cc1ccccc1F. The van der Waals surface area contributed by atoms with Crippen molar-refractivity contribution in [3.8, 4) is 67.5 Å². The van der Waals surface area contributed by atoms with Gasteiger partial charge in [0.1, 0.15) is 63.3 Å². The number of hydrogen-bond acceptors (Lipinski definition) is 22. The maximum Gasteiger partial charge on any atom is 0.586 e. The molecule has 10 aromatic heterocycles. The highest BCUT2D eigenvalue weighted by Crippen LogP contribution is 2.53. The molecule has 0 saturated heterocycles. The van der Waals surface area contributed by atoms with E-state index in [4.69, 9.17) is 9.15 Å². The van der Waals surface area contributed by atoms with E-state index in [-0.39, 0.29) is 120 Å². The minimum Gasteiger partial charge on any atom is -0.464 e. The first kappa shape index (κ1) is 97.1. The molecular weight excluding hydrogens is 1980 g/mol. The fourth-order valence-electron chi connectivity index (χ4n) is 16.7. The van der Waals surface area contributed by atoms with Crippen LogP contribution >= 0.6 is 11.3 Å². The lowest BCUT2D eigenvalue weighted by Crippen LogP contribution is -2.32. The molecule has 0 fully saturated rings. The number of nitrogens with zero attached hydrogens (tertiary/aromatic N) is 4. The lowest BCUT2D eigenvalue weighted by atomic mass is 10.0. The molecular formula is C94H66F10N12O21S5. The number of rotatable bonds is 20. The van der Waals surface area contributed by atoms with Gasteiger partial charge in [-0.15, -0.1) is 28.9 Å². The molecule has 20 rings (SSSR count). The van der Waals surface area contributed by atoms with Gasteiger partial charge in [-0.3, -0.25) is 38.4 Å². The summed E-state index contributed by atoms with van der Waals surface area (Å²) < 4.78 is 276. The fraction of sp³-hybridized carbons (Fsp3) is 0.106. The standard InChI is InChI=1S/C24H17F2N3O5S.C24H18FN3O4S2.C23H15F4N3O6S.C23H16F3N3O6S/c1-35(32,33)28-24(31)22-21(16-3-2-9-27-23(16)30)20-15-8-10-34-19(15)7-6-18(20)29(22)12-13-11-14(25)4-5-17(13)26;1-34(31,32)27-24(30)21-19(16-6-4-11-26-23(16)29)20-18(9-8-14-10-12-33-22(14)20)28(21)13-15-5-2-3-7-17(15)25;1-37(33,34)29-22(32)19-17(13-3-2-8-28-21(13)31)18-15(6-7-16-20(18)36-23(26,27)35-16)30(19)10-11-9-12(24)4-5-14(11)25;1-36(32,33)28-22(31)19-17(13-6-4-10-27-21(13)30)18-15(8-9-16-20(18)35-23(25,26)34-16)29(19)11-12-5-2-3-7-14(12)24/h2-11H,12H2,1H3,(H,27,30)(H,28,31);2-12H,13H2,1H3,(H,26,29)(H,27,30);2-9H,10H2,1H3,(H,28,31)(H,29,32);2-10H,11H2,1H3,(H,27,30)(H,28,31). The number of carbonyl (C=O) groups excluding carboxylic acids is 4. The van der Waals surface area contributed by atoms with E-state index in [0.717, 1.165) is 75.9 Å². The van der Waals surface area contributed by atoms with Gasteiger partial charge in [0.05, 0.1) is 101 Å². The van der Waals surface area contributed by atoms with Crippen molar-refractivity contribution in [2.45, 2.75) is 38.8 Å². The Bertz CT molecular complexity index is 9100. The number of hydrogen-bond donors (Lipinski definition) is 8. The molecule has 33 nitrogen and oxygen atoms in total. The van der Waals surface area contributed by atoms with E-state index in [9.17, 15) is 116 Å². The number of thiophene rings is 1. The summed E-state index contributed by atoms with van der Waals surface area (Å²) in [6.07, 6.45) is 1.95. The van der Waals surface area contributed by atoms with Gasteiger partial charge in [0.2, 0.25) is 40.1 Å². The normalized spacial score (nSPS) is 13.1. The molecule has 0 bridgehead atoms. The van der Waals surface area contributed by atoms with Crippen LogP contribution in [0.15, 0.2) is 254 Å². The molecule has 8 aromatic carbocycles. The summed E-state index contributed by atoms with van der Waals surface area (Å²) >= 11 is 1.44. The van der Waals surface area contributed by atoms with Gasteiger partial charge in [-0.25, -0.2) is 78.9 Å². The van der Waals surface area contributed by atoms with Crippen LogP contribution in [0, 0.1) is 34.9 Å². The highest BCUT2D eigenvalue weighted by atomic mass is 32.2. The van der Waals surface area contributed by atoms with Crippen LogP contribution in [0.3, 0.4) is 0 Å². The molecule has 48 heteroatoms. The Balaban J connectivity index is 0.000000130. The maximum absolute atomic E-state index is 14.6. The van der Waals surface area contributed by atoms with Gasteiger partial charge in [0.25, 0.3) is 45.9 Å². The van der Waals surface area contributed by atoms with Crippen LogP contribution in [0.5, 0.6) is 23.0 Å². The molecule has 18 aromatic rings. The Kier molecular flexibility index (Phi) is 25.5. The summed E-state index contributed by atoms with van der Waals surface area (Å²) in [6, 6.07) is 44.3. The molecule has 8 N–H and O–H groups in total. The lowest BCUT2D eigenvalue weighted by molar-refractivity contribution is -0.287. The number of amides is 4. The number of nitrogens with one attached hydrogen (secondary N) is 8. The van der Waals surface area contributed by atoms with Crippen molar-refractivity contribution in [2.24, 2.45) is 0 Å². The molecule has 728 valence electrons. The first-order valence-corrected chi connectivity index (χ1v) is 49.7. The van der Waals surface area contributed by atoms with Crippen molar-refractivity contribution in [3.63, 3.8) is 0 Å². The van der Waals surface area contributed by atoms with Gasteiger partial charge in [-0.2, -0.15) is 0 Å². The van der Waals surface area contributed by atoms with Crippen molar-refractivity contribution in [2.75, 3.05) is 25.0 Å². The molecule has 2 aliphatic rings. The van der Waals surface area contributed by atoms with E-state index in [0.29, 0.717) is 50.2 Å². The number of carbonyl (C=O) groups is 4. The second-order valence-corrected chi connectivity index (χ2v) is 39.8. The number of alkyl halides is 4. The maximum atomic E-state index is 14.6. The third kappa shape index (κ3) is 19.6. The van der Waals surface area contributed by atoms with Crippen molar-refractivity contribution >= 4 is 140 Å². The summed E-state index contributed by atoms with van der Waals surface area (Å²) in [4.78, 5) is 115. The molecule has 0 aliphatic carbocycles. The quantitative estimate of drug-likeness (QED) is 0.0329. The Morgan fingerprint density at radius 3 is 1.05 bits per heavy atom. The Morgan fingerprint density at radius 1 is 0.359 bits per heavy atom. The number of H-pyrrole nitrogens is 4. The Hall–Kier alpha value is -16.6. The van der Waals surface area contributed by atoms with Crippen LogP contribution in [-0.2, 0) is 66.3 Å². The molecule has 0 radical (unpaired) electrons. The number of aromatic amines is 4. The predicted molar refractivity (Wildman–Crippen MR) is 501 cm³/mol. The zero-order valence-electron chi connectivity index (χ0n) is 73.0. The average molecular weight is 2050 g/mol. The van der Waals surface area contributed by atoms with E-state index in [1.54, 1.807) is 76.0 Å². The van der Waals surface area contributed by atoms with E-state index < -0.39 is 163 Å². The van der Waals surface area contributed by atoms with Crippen molar-refractivity contribution < 1.29 is 120 Å². The van der Waals surface area contributed by atoms with Gasteiger partial charge in [0, 0.05) is 101 Å². The number of benzene rings is 8. The van der Waals surface area contributed by atoms with Crippen LogP contribution in [0.25, 0.3) is 109 Å². The molecule has 0 spiro atoms. The highest BCUT2D eigenvalue weighted by molar-refractivity contribution is 7.90. The number of ether oxygens (including phenoxy) is 4. The summed E-state index contributed by atoms with van der Waals surface area (Å²) in [5.41, 5.74) is -2.08. The van der Waals surface area contributed by atoms with Gasteiger partial charge in [-0.05, 0) is 162 Å². The Labute approximate surface area is 795 Å². The molecule has 142 heavy (non-hydrogen) atoms. The zero-order valence-corrected chi connectivity index (χ0v) is 77.0. The van der Waals surface area contributed by atoms with Crippen molar-refractivity contribution in [1.82, 2.24) is 57.1 Å². The largest absolute Gasteiger partial charge is 0.586 e. The van der Waals surface area contributed by atoms with Crippen molar-refractivity contribution in [1.29, 1.82) is 0 Å². The van der Waals surface area contributed by atoms with Crippen LogP contribution in [0.2, 0.25) is 0 Å². The van der Waals surface area contributed by atoms with Crippen LogP contribution in [0.4, 0.5) is 43.9 Å². The fourth-order valence-corrected chi connectivity index (χ4v) is 19.4. The number of fused-ring (bicyclic) bond motifs is 12. The highest BCUT2D eigenvalue weighted by Gasteiger charge is 2.48. The molecule has 4 amide bonds. The Morgan fingerprint density at radius 2 is 0.683 bits per heavy atom. The third-order valence-corrected chi connectivity index (χ3v) is 25.2. The summed E-state index contributed by atoms with van der Waals surface area (Å²) in [6.45, 7) is -1.22. The average Bonchev–Trinajstić information content (AvgIpc) is 1.55. The van der Waals surface area contributed by atoms with Crippen molar-refractivity contribution in [3.05, 3.63) is 352 Å². The van der Waals surface area contributed by atoms with Crippen LogP contribution in [-0.4, -0.2) is 133 Å². The second-order valence-electron chi connectivity index (χ2n) is 31.9. The van der Waals surface area contributed by atoms with Crippen LogP contribution in [0.1, 0.15) is 64.2 Å². The number of halogens is 10. The number of sulfonamides is 4. The molecule has 0 unspecified atom stereocenters. The van der Waals surface area contributed by atoms with E-state index in [2.05, 4.69) is 34.1 Å². The van der Waals surface area contributed by atoms with E-state index in [1.165, 1.54) is 124 Å². The monoisotopic (exact) mass is 2050 g/mol. The van der Waals surface area contributed by atoms with E-state index >= 15 is 0 Å². The molecule has 0 atom stereocenters. The lowest BCUT2D eigenvalue weighted by Gasteiger charge is -2.13. The van der Waals surface area contributed by atoms with Gasteiger partial charge >= 0.3 is 12.6 Å². The summed E-state index contributed by atoms with van der Waals surface area (Å²) in [5.74, 6) is -10.3. The van der Waals surface area contributed by atoms with E-state index in [1.807, 2.05) is 31.7 Å². The second kappa shape index (κ2) is 37.3. The van der Waals surface area contributed by atoms with Gasteiger partial charge in [-0.1, -0.05) is 42.5 Å². The van der Waals surface area contributed by atoms with Gasteiger partial charge < -0.3 is 61.6 Å². The number of furan rings is 1. The zero-order chi connectivity index (χ0) is 101. The summed E-state index contributed by atoms with van der Waals surface area (Å²) in [7, 11) is -16.2. The first-order chi connectivity index (χ1) is 67.2. The van der Waals surface area contributed by atoms with Gasteiger partial charge in [0.15, 0.2) is 23.0 Å². The molecule has 0 saturated carbocycles. The minimum atomic E-state index is -4.16. The number of pyridine rings is 4. The predicted octanol–water partition coefficient (Wildman–Crippen LogP) is 14.4. The smallest absolute Gasteiger partial charge is 0.464 e. The third-order valence-electron chi connectivity index (χ3n) is 22.1. The number of aromatic nitrogens is 8. The van der Waals surface area contributed by atoms with Crippen LogP contribution < -0.4 is 60.1 Å². The minimum absolute atomic E-state index is 0.0272. The topological polar surface area (TPSA) is 454 Å². The summed E-state index contributed by atoms with van der Waals surface area (Å²) in [5, 5.41) is 4.07.